The fraction of sp³-hybridized carbons (Fsp3) is 0.231. The van der Waals surface area contributed by atoms with Crippen molar-refractivity contribution >= 4 is 23.4 Å². The summed E-state index contributed by atoms with van der Waals surface area (Å²) in [5.74, 6) is 0.969. The van der Waals surface area contributed by atoms with Crippen LogP contribution < -0.4 is 5.32 Å². The molecule has 1 N–H and O–H groups in total. The van der Waals surface area contributed by atoms with Crippen LogP contribution in [0.1, 0.15) is 17.9 Å². The van der Waals surface area contributed by atoms with E-state index < -0.39 is 0 Å². The molecule has 0 saturated carbocycles. The molecule has 0 saturated heterocycles. The zero-order valence-corrected chi connectivity index (χ0v) is 11.6. The molecule has 2 rings (SSSR count). The Morgan fingerprint density at radius 1 is 1.40 bits per heavy atom. The van der Waals surface area contributed by atoms with Gasteiger partial charge < -0.3 is 9.73 Å². The number of benzene rings is 1. The fourth-order valence-electron chi connectivity index (χ4n) is 1.42. The number of aryl methyl sites for hydroxylation is 1. The Morgan fingerprint density at radius 3 is 2.75 bits per heavy atom. The molecule has 0 fully saturated rings. The first-order valence-corrected chi connectivity index (χ1v) is 6.89. The summed E-state index contributed by atoms with van der Waals surface area (Å²) in [6, 6.07) is 8.74. The molecule has 0 spiro atoms. The summed E-state index contributed by atoms with van der Waals surface area (Å²) in [6.07, 6.45) is 0.339. The molecule has 1 amide bonds. The summed E-state index contributed by atoms with van der Waals surface area (Å²) < 4.78 is 5.19. The Bertz CT molecular complexity index is 631. The molecule has 20 heavy (non-hydrogen) atoms. The maximum Gasteiger partial charge on any atom is 0.276 e. The van der Waals surface area contributed by atoms with E-state index >= 15 is 0 Å². The van der Waals surface area contributed by atoms with E-state index in [4.69, 9.17) is 9.68 Å². The number of hydrogen-bond acceptors (Lipinski definition) is 6. The lowest BCUT2D eigenvalue weighted by molar-refractivity contribution is -0.115. The Morgan fingerprint density at radius 2 is 2.15 bits per heavy atom. The Kier molecular flexibility index (Phi) is 4.74. The molecule has 0 atom stereocenters. The van der Waals surface area contributed by atoms with Crippen LogP contribution >= 0.6 is 11.8 Å². The second-order valence-electron chi connectivity index (χ2n) is 3.92. The van der Waals surface area contributed by atoms with Crippen molar-refractivity contribution in [2.75, 3.05) is 11.1 Å². The molecular formula is C13H12N4O2S. The van der Waals surface area contributed by atoms with Crippen molar-refractivity contribution in [2.24, 2.45) is 0 Å². The van der Waals surface area contributed by atoms with Crippen LogP contribution in [-0.2, 0) is 4.79 Å². The lowest BCUT2D eigenvalue weighted by Crippen LogP contribution is -2.12. The van der Waals surface area contributed by atoms with Gasteiger partial charge in [-0.25, -0.2) is 0 Å². The minimum Gasteiger partial charge on any atom is -0.416 e. The van der Waals surface area contributed by atoms with Gasteiger partial charge in [-0.05, 0) is 24.3 Å². The van der Waals surface area contributed by atoms with Gasteiger partial charge >= 0.3 is 0 Å². The molecular weight excluding hydrogens is 276 g/mol. The molecule has 0 aliphatic rings. The number of amides is 1. The predicted octanol–water partition coefficient (Wildman–Crippen LogP) is 2.37. The van der Waals surface area contributed by atoms with Crippen LogP contribution in [0.3, 0.4) is 0 Å². The van der Waals surface area contributed by atoms with E-state index in [9.17, 15) is 4.79 Å². The van der Waals surface area contributed by atoms with E-state index in [-0.39, 0.29) is 5.91 Å². The molecule has 102 valence electrons. The molecule has 0 aliphatic carbocycles. The van der Waals surface area contributed by atoms with Crippen molar-refractivity contribution in [3.8, 4) is 6.07 Å². The summed E-state index contributed by atoms with van der Waals surface area (Å²) in [5.41, 5.74) is 1.23. The largest absolute Gasteiger partial charge is 0.416 e. The second kappa shape index (κ2) is 6.73. The van der Waals surface area contributed by atoms with Gasteiger partial charge in [-0.2, -0.15) is 5.26 Å². The fourth-order valence-corrected chi connectivity index (χ4v) is 2.16. The first-order valence-electron chi connectivity index (χ1n) is 5.90. The van der Waals surface area contributed by atoms with Crippen molar-refractivity contribution in [1.82, 2.24) is 10.2 Å². The predicted molar refractivity (Wildman–Crippen MR) is 74.2 cm³/mol. The van der Waals surface area contributed by atoms with Crippen LogP contribution in [0, 0.1) is 18.3 Å². The van der Waals surface area contributed by atoms with Crippen molar-refractivity contribution < 1.29 is 9.21 Å². The lowest BCUT2D eigenvalue weighted by atomic mass is 10.2. The zero-order valence-electron chi connectivity index (χ0n) is 10.8. The number of rotatable bonds is 5. The van der Waals surface area contributed by atoms with Gasteiger partial charge in [0.25, 0.3) is 5.22 Å². The highest BCUT2D eigenvalue weighted by Gasteiger charge is 2.06. The van der Waals surface area contributed by atoms with Crippen LogP contribution in [0.5, 0.6) is 0 Å². The summed E-state index contributed by atoms with van der Waals surface area (Å²) >= 11 is 1.34. The monoisotopic (exact) mass is 288 g/mol. The quantitative estimate of drug-likeness (QED) is 0.849. The first kappa shape index (κ1) is 14.1. The first-order chi connectivity index (χ1) is 9.67. The number of carbonyl (C=O) groups excluding carboxylic acids is 1. The normalized spacial score (nSPS) is 10.0. The molecule has 0 radical (unpaired) electrons. The van der Waals surface area contributed by atoms with Gasteiger partial charge in [-0.3, -0.25) is 4.79 Å². The molecule has 0 bridgehead atoms. The molecule has 6 nitrogen and oxygen atoms in total. The van der Waals surface area contributed by atoms with E-state index in [0.717, 1.165) is 0 Å². The smallest absolute Gasteiger partial charge is 0.276 e. The number of nitrogens with one attached hydrogen (secondary N) is 1. The van der Waals surface area contributed by atoms with Crippen molar-refractivity contribution in [3.63, 3.8) is 0 Å². The Balaban J connectivity index is 1.76. The lowest BCUT2D eigenvalue weighted by Gasteiger charge is -2.04. The van der Waals surface area contributed by atoms with Gasteiger partial charge in [-0.1, -0.05) is 11.8 Å². The van der Waals surface area contributed by atoms with E-state index in [0.29, 0.717) is 34.5 Å². The molecule has 2 aromatic rings. The molecule has 1 heterocycles. The highest BCUT2D eigenvalue weighted by molar-refractivity contribution is 7.99. The zero-order chi connectivity index (χ0) is 14.4. The second-order valence-corrected chi connectivity index (χ2v) is 4.97. The number of aromatic nitrogens is 2. The summed E-state index contributed by atoms with van der Waals surface area (Å²) in [7, 11) is 0. The number of carbonyl (C=O) groups is 1. The summed E-state index contributed by atoms with van der Waals surface area (Å²) in [5, 5.41) is 19.4. The van der Waals surface area contributed by atoms with Crippen molar-refractivity contribution in [3.05, 3.63) is 35.7 Å². The SMILES string of the molecule is Cc1nnc(SCCC(=O)Nc2ccc(C#N)cc2)o1. The molecule has 1 aromatic carbocycles. The topological polar surface area (TPSA) is 91.8 Å². The third-order valence-corrected chi connectivity index (χ3v) is 3.18. The van der Waals surface area contributed by atoms with E-state index in [1.165, 1.54) is 11.8 Å². The van der Waals surface area contributed by atoms with Crippen LogP contribution in [0.25, 0.3) is 0 Å². The van der Waals surface area contributed by atoms with Crippen molar-refractivity contribution in [2.45, 2.75) is 18.6 Å². The van der Waals surface area contributed by atoms with Gasteiger partial charge in [0.1, 0.15) is 0 Å². The minimum absolute atomic E-state index is 0.0987. The standard InChI is InChI=1S/C13H12N4O2S/c1-9-16-17-13(19-9)20-7-6-12(18)15-11-4-2-10(8-14)3-5-11/h2-5H,6-7H2,1H3,(H,15,18). The number of nitriles is 1. The highest BCUT2D eigenvalue weighted by atomic mass is 32.2. The molecule has 7 heteroatoms. The Labute approximate surface area is 120 Å². The molecule has 1 aromatic heterocycles. The van der Waals surface area contributed by atoms with Gasteiger partial charge in [0.15, 0.2) is 0 Å². The van der Waals surface area contributed by atoms with Crippen LogP contribution in [0.15, 0.2) is 33.9 Å². The molecule has 0 aliphatic heterocycles. The van der Waals surface area contributed by atoms with Gasteiger partial charge in [0.05, 0.1) is 11.6 Å². The maximum atomic E-state index is 11.7. The van der Waals surface area contributed by atoms with Crippen LogP contribution in [-0.4, -0.2) is 21.9 Å². The summed E-state index contributed by atoms with van der Waals surface area (Å²) in [4.78, 5) is 11.7. The van der Waals surface area contributed by atoms with Crippen LogP contribution in [0.4, 0.5) is 5.69 Å². The van der Waals surface area contributed by atoms with Crippen LogP contribution in [0.2, 0.25) is 0 Å². The van der Waals surface area contributed by atoms with Gasteiger partial charge in [0.2, 0.25) is 11.8 Å². The summed E-state index contributed by atoms with van der Waals surface area (Å²) in [6.45, 7) is 1.72. The van der Waals surface area contributed by atoms with Gasteiger partial charge in [-0.15, -0.1) is 10.2 Å². The third-order valence-electron chi connectivity index (χ3n) is 2.36. The van der Waals surface area contributed by atoms with E-state index in [2.05, 4.69) is 15.5 Å². The average Bonchev–Trinajstić information content (AvgIpc) is 2.85. The van der Waals surface area contributed by atoms with E-state index in [1.807, 2.05) is 6.07 Å². The maximum absolute atomic E-state index is 11.7. The average molecular weight is 288 g/mol. The number of nitrogens with zero attached hydrogens (tertiary/aromatic N) is 3. The van der Waals surface area contributed by atoms with Crippen molar-refractivity contribution in [1.29, 1.82) is 5.26 Å². The number of thioether (sulfide) groups is 1. The van der Waals surface area contributed by atoms with E-state index in [1.54, 1.807) is 31.2 Å². The third kappa shape index (κ3) is 4.10. The molecule has 0 unspecified atom stereocenters. The Hall–Kier alpha value is -2.33. The number of hydrogen-bond donors (Lipinski definition) is 1. The van der Waals surface area contributed by atoms with Gasteiger partial charge in [0, 0.05) is 24.8 Å². The highest BCUT2D eigenvalue weighted by Crippen LogP contribution is 2.17. The number of anilines is 1. The minimum atomic E-state index is -0.0987.